The summed E-state index contributed by atoms with van der Waals surface area (Å²) in [7, 11) is 1.31. The molecule has 0 aromatic heterocycles. The predicted molar refractivity (Wildman–Crippen MR) is 118 cm³/mol. The highest BCUT2D eigenvalue weighted by Gasteiger charge is 2.26. The molecule has 0 N–H and O–H groups in total. The van der Waals surface area contributed by atoms with E-state index in [1.807, 2.05) is 63.2 Å². The van der Waals surface area contributed by atoms with Crippen LogP contribution in [0.5, 0.6) is 11.5 Å². The number of esters is 1. The lowest BCUT2D eigenvalue weighted by atomic mass is 10.0. The quantitative estimate of drug-likeness (QED) is 0.486. The number of hydrogen-bond donors (Lipinski definition) is 0. The van der Waals surface area contributed by atoms with Crippen LogP contribution in [0.25, 0.3) is 0 Å². The van der Waals surface area contributed by atoms with Gasteiger partial charge in [0.1, 0.15) is 24.2 Å². The van der Waals surface area contributed by atoms with Gasteiger partial charge in [-0.25, -0.2) is 4.79 Å². The smallest absolute Gasteiger partial charge is 0.351 e. The molecule has 5 nitrogen and oxygen atoms in total. The van der Waals surface area contributed by atoms with Crippen LogP contribution in [0.4, 0.5) is 0 Å². The fourth-order valence-electron chi connectivity index (χ4n) is 3.37. The third-order valence-electron chi connectivity index (χ3n) is 5.23. The minimum atomic E-state index is -0.993. The summed E-state index contributed by atoms with van der Waals surface area (Å²) < 4.78 is 17.0. The van der Waals surface area contributed by atoms with Gasteiger partial charge in [-0.3, -0.25) is 0 Å². The number of aryl methyl sites for hydroxylation is 3. The Hall–Kier alpha value is -3.78. The molecule has 3 aromatic carbocycles. The summed E-state index contributed by atoms with van der Waals surface area (Å²) >= 11 is 0. The molecule has 0 aliphatic heterocycles. The average molecular weight is 415 g/mol. The van der Waals surface area contributed by atoms with Crippen molar-refractivity contribution in [3.8, 4) is 17.6 Å². The number of hydrogen-bond acceptors (Lipinski definition) is 5. The van der Waals surface area contributed by atoms with E-state index >= 15 is 0 Å². The highest BCUT2D eigenvalue weighted by atomic mass is 16.6. The fourth-order valence-corrected chi connectivity index (χ4v) is 3.37. The van der Waals surface area contributed by atoms with E-state index in [0.29, 0.717) is 23.5 Å². The second-order valence-electron chi connectivity index (χ2n) is 7.31. The van der Waals surface area contributed by atoms with Gasteiger partial charge in [-0.05, 0) is 55.2 Å². The van der Waals surface area contributed by atoms with Crippen LogP contribution in [0.1, 0.15) is 39.5 Å². The van der Waals surface area contributed by atoms with Crippen LogP contribution >= 0.6 is 0 Å². The maximum Gasteiger partial charge on any atom is 0.351 e. The molecule has 1 atom stereocenters. The normalized spacial score (nSPS) is 11.3. The molecule has 0 fully saturated rings. The largest absolute Gasteiger partial charge is 0.489 e. The molecule has 0 amide bonds. The van der Waals surface area contributed by atoms with E-state index in [1.165, 1.54) is 7.11 Å². The van der Waals surface area contributed by atoms with Crippen LogP contribution in [0, 0.1) is 32.1 Å². The zero-order chi connectivity index (χ0) is 22.4. The van der Waals surface area contributed by atoms with Gasteiger partial charge in [-0.1, -0.05) is 42.5 Å². The molecular formula is C26H25NO4. The number of ether oxygens (including phenoxy) is 3. The Morgan fingerprint density at radius 3 is 2.29 bits per heavy atom. The second-order valence-corrected chi connectivity index (χ2v) is 7.31. The van der Waals surface area contributed by atoms with Crippen molar-refractivity contribution >= 4 is 5.97 Å². The van der Waals surface area contributed by atoms with Gasteiger partial charge in [-0.2, -0.15) is 5.26 Å². The van der Waals surface area contributed by atoms with Crippen LogP contribution in [-0.4, -0.2) is 13.1 Å². The minimum Gasteiger partial charge on any atom is -0.489 e. The number of nitriles is 1. The lowest BCUT2D eigenvalue weighted by molar-refractivity contribution is -0.149. The first-order chi connectivity index (χ1) is 14.9. The lowest BCUT2D eigenvalue weighted by Crippen LogP contribution is -2.21. The molecule has 0 spiro atoms. The highest BCUT2D eigenvalue weighted by molar-refractivity contribution is 5.77. The first-order valence-corrected chi connectivity index (χ1v) is 9.96. The number of carbonyl (C=O) groups is 1. The summed E-state index contributed by atoms with van der Waals surface area (Å²) in [5, 5.41) is 9.54. The Balaban J connectivity index is 1.90. The van der Waals surface area contributed by atoms with Crippen LogP contribution < -0.4 is 9.47 Å². The SMILES string of the molecule is COC(=O)C(Oc1cc(OCc2c(C)cccc2C)ccc1C#N)c1ccccc1C. The molecule has 0 saturated carbocycles. The molecule has 31 heavy (non-hydrogen) atoms. The molecule has 0 aliphatic carbocycles. The molecule has 0 heterocycles. The van der Waals surface area contributed by atoms with Gasteiger partial charge in [0, 0.05) is 11.6 Å². The molecule has 0 aliphatic rings. The van der Waals surface area contributed by atoms with Gasteiger partial charge in [-0.15, -0.1) is 0 Å². The molecule has 5 heteroatoms. The van der Waals surface area contributed by atoms with Gasteiger partial charge in [0.25, 0.3) is 0 Å². The van der Waals surface area contributed by atoms with Gasteiger partial charge in [0.05, 0.1) is 12.7 Å². The number of nitrogens with zero attached hydrogens (tertiary/aromatic N) is 1. The second kappa shape index (κ2) is 9.82. The van der Waals surface area contributed by atoms with Gasteiger partial charge < -0.3 is 14.2 Å². The number of benzene rings is 3. The topological polar surface area (TPSA) is 68.6 Å². The van der Waals surface area contributed by atoms with Crippen molar-refractivity contribution in [1.29, 1.82) is 5.26 Å². The molecule has 158 valence electrons. The molecule has 0 saturated heterocycles. The number of methoxy groups -OCH3 is 1. The molecule has 3 aromatic rings. The zero-order valence-electron chi connectivity index (χ0n) is 18.1. The van der Waals surface area contributed by atoms with Crippen LogP contribution in [0.2, 0.25) is 0 Å². The van der Waals surface area contributed by atoms with Crippen molar-refractivity contribution in [2.75, 3.05) is 7.11 Å². The maximum absolute atomic E-state index is 12.5. The minimum absolute atomic E-state index is 0.264. The van der Waals surface area contributed by atoms with Crippen LogP contribution in [0.3, 0.4) is 0 Å². The number of carbonyl (C=O) groups excluding carboxylic acids is 1. The van der Waals surface area contributed by atoms with E-state index in [-0.39, 0.29) is 5.75 Å². The maximum atomic E-state index is 12.5. The van der Waals surface area contributed by atoms with E-state index < -0.39 is 12.1 Å². The van der Waals surface area contributed by atoms with Gasteiger partial charge in [0.15, 0.2) is 0 Å². The monoisotopic (exact) mass is 415 g/mol. The molecule has 0 radical (unpaired) electrons. The Morgan fingerprint density at radius 1 is 0.968 bits per heavy atom. The zero-order valence-corrected chi connectivity index (χ0v) is 18.1. The van der Waals surface area contributed by atoms with E-state index in [9.17, 15) is 10.1 Å². The van der Waals surface area contributed by atoms with Gasteiger partial charge in [0.2, 0.25) is 6.10 Å². The van der Waals surface area contributed by atoms with Crippen molar-refractivity contribution in [1.82, 2.24) is 0 Å². The summed E-state index contributed by atoms with van der Waals surface area (Å²) in [5.74, 6) is 0.269. The fraction of sp³-hybridized carbons (Fsp3) is 0.231. The van der Waals surface area contributed by atoms with Crippen LogP contribution in [0.15, 0.2) is 60.7 Å². The summed E-state index contributed by atoms with van der Waals surface area (Å²) in [6.07, 6.45) is -0.993. The van der Waals surface area contributed by atoms with Crippen LogP contribution in [-0.2, 0) is 16.1 Å². The summed E-state index contributed by atoms with van der Waals surface area (Å²) in [4.78, 5) is 12.5. The third kappa shape index (κ3) is 5.04. The average Bonchev–Trinajstić information content (AvgIpc) is 2.77. The Labute approximate surface area is 182 Å². The van der Waals surface area contributed by atoms with Crippen molar-refractivity contribution < 1.29 is 19.0 Å². The lowest BCUT2D eigenvalue weighted by Gasteiger charge is -2.20. The predicted octanol–water partition coefficient (Wildman–Crippen LogP) is 5.36. The molecule has 1 unspecified atom stereocenters. The van der Waals surface area contributed by atoms with Crippen molar-refractivity contribution in [3.63, 3.8) is 0 Å². The Morgan fingerprint density at radius 2 is 1.65 bits per heavy atom. The van der Waals surface area contributed by atoms with E-state index in [2.05, 4.69) is 6.07 Å². The molecule has 0 bridgehead atoms. The van der Waals surface area contributed by atoms with Crippen molar-refractivity contribution in [2.45, 2.75) is 33.5 Å². The number of rotatable bonds is 7. The Kier molecular flexibility index (Phi) is 6.94. The van der Waals surface area contributed by atoms with Crippen molar-refractivity contribution in [2.24, 2.45) is 0 Å². The Bertz CT molecular complexity index is 1110. The summed E-state index contributed by atoms with van der Waals surface area (Å²) in [5.41, 5.74) is 5.29. The van der Waals surface area contributed by atoms with E-state index in [0.717, 1.165) is 22.3 Å². The highest BCUT2D eigenvalue weighted by Crippen LogP contribution is 2.31. The molecular weight excluding hydrogens is 390 g/mol. The third-order valence-corrected chi connectivity index (χ3v) is 5.23. The summed E-state index contributed by atoms with van der Waals surface area (Å²) in [6.45, 7) is 6.37. The van der Waals surface area contributed by atoms with Gasteiger partial charge >= 0.3 is 5.97 Å². The van der Waals surface area contributed by atoms with Crippen molar-refractivity contribution in [3.05, 3.63) is 94.0 Å². The standard InChI is InChI=1S/C26H25NO4/c1-17-8-5-6-11-22(17)25(26(28)29-4)31-24-14-21(13-12-20(24)15-27)30-16-23-18(2)9-7-10-19(23)3/h5-14,25H,16H2,1-4H3. The van der Waals surface area contributed by atoms with E-state index in [1.54, 1.807) is 18.2 Å². The molecule has 3 rings (SSSR count). The van der Waals surface area contributed by atoms with E-state index in [4.69, 9.17) is 14.2 Å². The summed E-state index contributed by atoms with van der Waals surface area (Å²) in [6, 6.07) is 20.6. The first kappa shape index (κ1) is 21.9. The first-order valence-electron chi connectivity index (χ1n) is 9.96.